The van der Waals surface area contributed by atoms with Crippen LogP contribution in [0.5, 0.6) is 0 Å². The summed E-state index contributed by atoms with van der Waals surface area (Å²) in [6.45, 7) is 0. The Morgan fingerprint density at radius 2 is 2.00 bits per heavy atom. The van der Waals surface area contributed by atoms with Crippen molar-refractivity contribution in [2.45, 2.75) is 25.3 Å². The maximum absolute atomic E-state index is 6.12. The van der Waals surface area contributed by atoms with E-state index in [0.29, 0.717) is 0 Å². The molecule has 0 saturated heterocycles. The summed E-state index contributed by atoms with van der Waals surface area (Å²) in [6, 6.07) is 6.46. The molecule has 1 aliphatic carbocycles. The third-order valence-corrected chi connectivity index (χ3v) is 4.54. The van der Waals surface area contributed by atoms with E-state index in [1.54, 1.807) is 0 Å². The molecule has 1 aliphatic rings. The van der Waals surface area contributed by atoms with Crippen LogP contribution in [0.25, 0.3) is 0 Å². The number of hydrogen-bond donors (Lipinski definition) is 1. The van der Waals surface area contributed by atoms with Gasteiger partial charge in [-0.3, -0.25) is 0 Å². The summed E-state index contributed by atoms with van der Waals surface area (Å²) in [6.07, 6.45) is 3.87. The van der Waals surface area contributed by atoms with Crippen LogP contribution in [0, 0.1) is 5.92 Å². The summed E-state index contributed by atoms with van der Waals surface area (Å²) in [5.41, 5.74) is 7.35. The molecule has 3 heteroatoms. The minimum atomic E-state index is 0.201. The Labute approximate surface area is 101 Å². The van der Waals surface area contributed by atoms with E-state index in [1.807, 2.05) is 6.07 Å². The van der Waals surface area contributed by atoms with Crippen LogP contribution in [0.15, 0.2) is 27.1 Å². The fraction of sp³-hybridized carbons (Fsp3) is 0.455. The number of hydrogen-bond acceptors (Lipinski definition) is 1. The highest BCUT2D eigenvalue weighted by molar-refractivity contribution is 9.13. The van der Waals surface area contributed by atoms with Gasteiger partial charge in [-0.2, -0.15) is 0 Å². The molecule has 1 atom stereocenters. The Hall–Kier alpha value is 0.140. The fourth-order valence-electron chi connectivity index (χ4n) is 1.59. The Kier molecular flexibility index (Phi) is 3.30. The molecule has 0 aromatic heterocycles. The quantitative estimate of drug-likeness (QED) is 0.895. The van der Waals surface area contributed by atoms with Crippen LogP contribution in [0.3, 0.4) is 0 Å². The van der Waals surface area contributed by atoms with Crippen LogP contribution >= 0.6 is 31.9 Å². The third-order valence-electron chi connectivity index (χ3n) is 2.66. The minimum absolute atomic E-state index is 0.201. The summed E-state index contributed by atoms with van der Waals surface area (Å²) < 4.78 is 2.17. The van der Waals surface area contributed by atoms with E-state index < -0.39 is 0 Å². The lowest BCUT2D eigenvalue weighted by Gasteiger charge is -2.12. The predicted octanol–water partition coefficient (Wildman–Crippen LogP) is 4.01. The van der Waals surface area contributed by atoms with E-state index in [1.165, 1.54) is 18.4 Å². The molecule has 0 radical (unpaired) electrons. The molecule has 14 heavy (non-hydrogen) atoms. The maximum atomic E-state index is 6.12. The van der Waals surface area contributed by atoms with Gasteiger partial charge in [0.2, 0.25) is 0 Å². The normalized spacial score (nSPS) is 18.2. The second-order valence-electron chi connectivity index (χ2n) is 3.96. The van der Waals surface area contributed by atoms with Crippen molar-refractivity contribution in [3.05, 3.63) is 32.7 Å². The molecule has 2 N–H and O–H groups in total. The minimum Gasteiger partial charge on any atom is -0.324 e. The van der Waals surface area contributed by atoms with E-state index in [0.717, 1.165) is 21.3 Å². The smallest absolute Gasteiger partial charge is 0.0320 e. The predicted molar refractivity (Wildman–Crippen MR) is 66.1 cm³/mol. The van der Waals surface area contributed by atoms with Crippen molar-refractivity contribution in [1.29, 1.82) is 0 Å². The van der Waals surface area contributed by atoms with Crippen molar-refractivity contribution in [3.63, 3.8) is 0 Å². The first-order valence-electron chi connectivity index (χ1n) is 4.87. The van der Waals surface area contributed by atoms with E-state index >= 15 is 0 Å². The molecule has 1 fully saturated rings. The summed E-state index contributed by atoms with van der Waals surface area (Å²) in [5, 5.41) is 0. The lowest BCUT2D eigenvalue weighted by molar-refractivity contribution is 0.597. The maximum Gasteiger partial charge on any atom is 0.0320 e. The van der Waals surface area contributed by atoms with Gasteiger partial charge in [-0.25, -0.2) is 0 Å². The molecule has 1 aromatic carbocycles. The van der Waals surface area contributed by atoms with Crippen molar-refractivity contribution >= 4 is 31.9 Å². The fourth-order valence-corrected chi connectivity index (χ4v) is 2.23. The lowest BCUT2D eigenvalue weighted by Crippen LogP contribution is -2.10. The molecular weight excluding hydrogens is 306 g/mol. The van der Waals surface area contributed by atoms with Gasteiger partial charge >= 0.3 is 0 Å². The van der Waals surface area contributed by atoms with Crippen molar-refractivity contribution in [2.75, 3.05) is 0 Å². The van der Waals surface area contributed by atoms with Crippen LogP contribution in [0.2, 0.25) is 0 Å². The molecule has 1 aromatic rings. The first-order chi connectivity index (χ1) is 6.66. The zero-order valence-corrected chi connectivity index (χ0v) is 11.0. The molecule has 0 unspecified atom stereocenters. The van der Waals surface area contributed by atoms with Gasteiger partial charge in [0.15, 0.2) is 0 Å². The molecule has 76 valence electrons. The van der Waals surface area contributed by atoms with Crippen molar-refractivity contribution in [3.8, 4) is 0 Å². The molecule has 0 spiro atoms. The number of rotatable bonds is 3. The zero-order valence-electron chi connectivity index (χ0n) is 7.84. The Balaban J connectivity index is 2.10. The Morgan fingerprint density at radius 3 is 2.57 bits per heavy atom. The third kappa shape index (κ3) is 2.59. The molecule has 2 rings (SSSR count). The molecular formula is C11H13Br2N. The molecule has 0 amide bonds. The van der Waals surface area contributed by atoms with Gasteiger partial charge in [0.1, 0.15) is 0 Å². The second kappa shape index (κ2) is 4.33. The zero-order chi connectivity index (χ0) is 10.1. The standard InChI is InChI=1S/C11H13Br2N/c12-9-4-3-8(6-10(9)13)11(14)5-7-1-2-7/h3-4,6-7,11H,1-2,5,14H2/t11-/m1/s1. The SMILES string of the molecule is N[C@H](CC1CC1)c1ccc(Br)c(Br)c1. The van der Waals surface area contributed by atoms with Gasteiger partial charge in [-0.05, 0) is 61.9 Å². The monoisotopic (exact) mass is 317 g/mol. The summed E-state index contributed by atoms with van der Waals surface area (Å²) in [5.74, 6) is 0.882. The highest BCUT2D eigenvalue weighted by atomic mass is 79.9. The first-order valence-corrected chi connectivity index (χ1v) is 6.46. The van der Waals surface area contributed by atoms with Crippen molar-refractivity contribution in [2.24, 2.45) is 11.7 Å². The summed E-state index contributed by atoms with van der Waals surface area (Å²) in [7, 11) is 0. The Morgan fingerprint density at radius 1 is 1.29 bits per heavy atom. The second-order valence-corrected chi connectivity index (χ2v) is 5.67. The average Bonchev–Trinajstić information content (AvgIpc) is 2.93. The van der Waals surface area contributed by atoms with Gasteiger partial charge in [-0.1, -0.05) is 18.9 Å². The van der Waals surface area contributed by atoms with Gasteiger partial charge in [0.25, 0.3) is 0 Å². The lowest BCUT2D eigenvalue weighted by atomic mass is 10.0. The van der Waals surface area contributed by atoms with E-state index in [2.05, 4.69) is 44.0 Å². The van der Waals surface area contributed by atoms with Crippen molar-refractivity contribution in [1.82, 2.24) is 0 Å². The van der Waals surface area contributed by atoms with E-state index in [4.69, 9.17) is 5.73 Å². The highest BCUT2D eigenvalue weighted by Crippen LogP contribution is 2.37. The average molecular weight is 319 g/mol. The molecule has 0 heterocycles. The van der Waals surface area contributed by atoms with Crippen LogP contribution < -0.4 is 5.73 Å². The van der Waals surface area contributed by atoms with Crippen molar-refractivity contribution < 1.29 is 0 Å². The number of halogens is 2. The summed E-state index contributed by atoms with van der Waals surface area (Å²) >= 11 is 6.95. The highest BCUT2D eigenvalue weighted by Gasteiger charge is 2.24. The van der Waals surface area contributed by atoms with Gasteiger partial charge < -0.3 is 5.73 Å². The molecule has 0 aliphatic heterocycles. The Bertz CT molecular complexity index is 334. The number of nitrogens with two attached hydrogens (primary N) is 1. The van der Waals surface area contributed by atoms with Gasteiger partial charge in [-0.15, -0.1) is 0 Å². The summed E-state index contributed by atoms with van der Waals surface area (Å²) in [4.78, 5) is 0. The van der Waals surface area contributed by atoms with Crippen LogP contribution in [-0.4, -0.2) is 0 Å². The van der Waals surface area contributed by atoms with E-state index in [-0.39, 0.29) is 6.04 Å². The number of benzene rings is 1. The topological polar surface area (TPSA) is 26.0 Å². The molecule has 0 bridgehead atoms. The van der Waals surface area contributed by atoms with Gasteiger partial charge in [0.05, 0.1) is 0 Å². The molecule has 1 nitrogen and oxygen atoms in total. The van der Waals surface area contributed by atoms with Crippen LogP contribution in [0.1, 0.15) is 30.9 Å². The molecule has 1 saturated carbocycles. The van der Waals surface area contributed by atoms with E-state index in [9.17, 15) is 0 Å². The largest absolute Gasteiger partial charge is 0.324 e. The first kappa shape index (κ1) is 10.7. The van der Waals surface area contributed by atoms with Crippen LogP contribution in [0.4, 0.5) is 0 Å². The van der Waals surface area contributed by atoms with Crippen LogP contribution in [-0.2, 0) is 0 Å². The van der Waals surface area contributed by atoms with Gasteiger partial charge in [0, 0.05) is 15.0 Å².